The maximum atomic E-state index is 12.7. The van der Waals surface area contributed by atoms with E-state index in [-0.39, 0.29) is 24.7 Å². The zero-order chi connectivity index (χ0) is 19.5. The van der Waals surface area contributed by atoms with Crippen LogP contribution in [0, 0.1) is 0 Å². The first-order chi connectivity index (χ1) is 13.6. The van der Waals surface area contributed by atoms with Crippen LogP contribution in [-0.2, 0) is 11.2 Å². The molecule has 7 nitrogen and oxygen atoms in total. The summed E-state index contributed by atoms with van der Waals surface area (Å²) in [5.74, 6) is -0.866. The molecule has 2 heterocycles. The van der Waals surface area contributed by atoms with Gasteiger partial charge >= 0.3 is 6.03 Å². The van der Waals surface area contributed by atoms with Crippen molar-refractivity contribution in [2.45, 2.75) is 6.42 Å². The number of amides is 4. The van der Waals surface area contributed by atoms with Crippen LogP contribution in [0.15, 0.2) is 66.9 Å². The lowest BCUT2D eigenvalue weighted by molar-refractivity contribution is -0.125. The second-order valence-corrected chi connectivity index (χ2v) is 6.47. The molecule has 1 fully saturated rings. The van der Waals surface area contributed by atoms with Gasteiger partial charge < -0.3 is 0 Å². The monoisotopic (exact) mass is 374 g/mol. The van der Waals surface area contributed by atoms with E-state index < -0.39 is 11.9 Å². The van der Waals surface area contributed by atoms with Gasteiger partial charge in [0.2, 0.25) is 0 Å². The summed E-state index contributed by atoms with van der Waals surface area (Å²) in [6.45, 7) is 0.0741. The highest BCUT2D eigenvalue weighted by Gasteiger charge is 2.37. The SMILES string of the molecule is O=C(NN1CC(=O)N(CCc2ccccc2)C1=O)c1nccc2ccccc12. The predicted molar refractivity (Wildman–Crippen MR) is 103 cm³/mol. The summed E-state index contributed by atoms with van der Waals surface area (Å²) in [6.07, 6.45) is 2.10. The van der Waals surface area contributed by atoms with Gasteiger partial charge in [-0.2, -0.15) is 0 Å². The van der Waals surface area contributed by atoms with Crippen molar-refractivity contribution in [3.05, 3.63) is 78.1 Å². The van der Waals surface area contributed by atoms with Gasteiger partial charge in [0.15, 0.2) is 0 Å². The minimum atomic E-state index is -0.533. The van der Waals surface area contributed by atoms with E-state index in [1.54, 1.807) is 12.3 Å². The van der Waals surface area contributed by atoms with Crippen LogP contribution in [-0.4, -0.2) is 45.8 Å². The van der Waals surface area contributed by atoms with Crippen molar-refractivity contribution in [3.63, 3.8) is 0 Å². The molecule has 28 heavy (non-hydrogen) atoms. The lowest BCUT2D eigenvalue weighted by Gasteiger charge is -2.18. The van der Waals surface area contributed by atoms with Gasteiger partial charge in [-0.3, -0.25) is 24.9 Å². The van der Waals surface area contributed by atoms with E-state index in [1.165, 1.54) is 0 Å². The van der Waals surface area contributed by atoms with Crippen LogP contribution in [0.4, 0.5) is 4.79 Å². The van der Waals surface area contributed by atoms with Crippen molar-refractivity contribution >= 4 is 28.6 Å². The standard InChI is InChI=1S/C21H18N4O3/c26-18-14-25(21(28)24(18)13-11-15-6-2-1-3-7-15)23-20(27)19-17-9-5-4-8-16(17)10-12-22-19/h1-10,12H,11,13-14H2,(H,23,27). The van der Waals surface area contributed by atoms with E-state index in [1.807, 2.05) is 54.6 Å². The van der Waals surface area contributed by atoms with Gasteiger partial charge in [0.05, 0.1) is 0 Å². The minimum Gasteiger partial charge on any atom is -0.272 e. The molecule has 1 aliphatic heterocycles. The van der Waals surface area contributed by atoms with Gasteiger partial charge in [-0.05, 0) is 23.4 Å². The Morgan fingerprint density at radius 3 is 2.57 bits per heavy atom. The third kappa shape index (κ3) is 3.42. The fraction of sp³-hybridized carbons (Fsp3) is 0.143. The summed E-state index contributed by atoms with van der Waals surface area (Å²) in [6, 6.07) is 18.2. The molecule has 1 aliphatic rings. The third-order valence-electron chi connectivity index (χ3n) is 4.65. The molecule has 0 saturated carbocycles. The van der Waals surface area contributed by atoms with Gasteiger partial charge in [0.1, 0.15) is 12.2 Å². The number of urea groups is 1. The van der Waals surface area contributed by atoms with Crippen LogP contribution in [0.3, 0.4) is 0 Å². The molecular formula is C21H18N4O3. The van der Waals surface area contributed by atoms with E-state index >= 15 is 0 Å². The number of carbonyl (C=O) groups excluding carboxylic acids is 3. The highest BCUT2D eigenvalue weighted by Crippen LogP contribution is 2.17. The summed E-state index contributed by atoms with van der Waals surface area (Å²) in [7, 11) is 0. The second-order valence-electron chi connectivity index (χ2n) is 6.47. The Morgan fingerprint density at radius 1 is 1.00 bits per heavy atom. The molecule has 4 rings (SSSR count). The van der Waals surface area contributed by atoms with Crippen LogP contribution >= 0.6 is 0 Å². The van der Waals surface area contributed by atoms with Crippen molar-refractivity contribution < 1.29 is 14.4 Å². The summed E-state index contributed by atoms with van der Waals surface area (Å²) in [5.41, 5.74) is 3.76. The smallest absolute Gasteiger partial charge is 0.272 e. The number of hydrogen-bond acceptors (Lipinski definition) is 4. The zero-order valence-electron chi connectivity index (χ0n) is 15.0. The van der Waals surface area contributed by atoms with Gasteiger partial charge in [-0.15, -0.1) is 0 Å². The van der Waals surface area contributed by atoms with Gasteiger partial charge in [0.25, 0.3) is 11.8 Å². The Bertz CT molecular complexity index is 1050. The fourth-order valence-electron chi connectivity index (χ4n) is 3.21. The Balaban J connectivity index is 1.45. The Morgan fingerprint density at radius 2 is 1.75 bits per heavy atom. The Labute approximate surface area is 161 Å². The zero-order valence-corrected chi connectivity index (χ0v) is 15.0. The molecule has 7 heteroatoms. The normalized spacial score (nSPS) is 14.0. The molecule has 1 aromatic heterocycles. The largest absolute Gasteiger partial charge is 0.345 e. The number of rotatable bonds is 5. The summed E-state index contributed by atoms with van der Waals surface area (Å²) >= 11 is 0. The number of benzene rings is 2. The lowest BCUT2D eigenvalue weighted by atomic mass is 10.1. The predicted octanol–water partition coefficient (Wildman–Crippen LogP) is 2.39. The molecule has 0 unspecified atom stereocenters. The second kappa shape index (κ2) is 7.48. The first-order valence-corrected chi connectivity index (χ1v) is 8.94. The molecule has 2 aromatic carbocycles. The average Bonchev–Trinajstić information content (AvgIpc) is 2.99. The van der Waals surface area contributed by atoms with Crippen molar-refractivity contribution in [1.29, 1.82) is 0 Å². The molecule has 0 bridgehead atoms. The third-order valence-corrected chi connectivity index (χ3v) is 4.65. The molecule has 140 valence electrons. The lowest BCUT2D eigenvalue weighted by Crippen LogP contribution is -2.45. The molecule has 1 N–H and O–H groups in total. The van der Waals surface area contributed by atoms with Crippen LogP contribution in [0.1, 0.15) is 16.1 Å². The van der Waals surface area contributed by atoms with Crippen molar-refractivity contribution in [3.8, 4) is 0 Å². The maximum absolute atomic E-state index is 12.7. The van der Waals surface area contributed by atoms with Crippen LogP contribution < -0.4 is 5.43 Å². The van der Waals surface area contributed by atoms with Gasteiger partial charge in [-0.1, -0.05) is 54.6 Å². The van der Waals surface area contributed by atoms with Crippen molar-refractivity contribution in [2.75, 3.05) is 13.1 Å². The molecule has 0 spiro atoms. The van der Waals surface area contributed by atoms with Crippen LogP contribution in [0.5, 0.6) is 0 Å². The number of pyridine rings is 1. The van der Waals surface area contributed by atoms with Crippen molar-refractivity contribution in [2.24, 2.45) is 0 Å². The Kier molecular flexibility index (Phi) is 4.72. The highest BCUT2D eigenvalue weighted by atomic mass is 16.2. The number of nitrogens with zero attached hydrogens (tertiary/aromatic N) is 3. The topological polar surface area (TPSA) is 82.6 Å². The first-order valence-electron chi connectivity index (χ1n) is 8.94. The van der Waals surface area contributed by atoms with E-state index in [9.17, 15) is 14.4 Å². The highest BCUT2D eigenvalue weighted by molar-refractivity contribution is 6.07. The van der Waals surface area contributed by atoms with Gasteiger partial charge in [0, 0.05) is 18.1 Å². The minimum absolute atomic E-state index is 0.190. The summed E-state index contributed by atoms with van der Waals surface area (Å²) in [5, 5.41) is 2.59. The molecule has 0 atom stereocenters. The quantitative estimate of drug-likeness (QED) is 0.695. The molecule has 0 aliphatic carbocycles. The number of hydrazine groups is 1. The van der Waals surface area contributed by atoms with E-state index in [0.29, 0.717) is 11.8 Å². The van der Waals surface area contributed by atoms with Crippen LogP contribution in [0.25, 0.3) is 10.8 Å². The van der Waals surface area contributed by atoms with E-state index in [4.69, 9.17) is 0 Å². The summed E-state index contributed by atoms with van der Waals surface area (Å²) in [4.78, 5) is 42.8. The first kappa shape index (κ1) is 17.7. The number of imide groups is 1. The van der Waals surface area contributed by atoms with Gasteiger partial charge in [-0.25, -0.2) is 9.80 Å². The van der Waals surface area contributed by atoms with E-state index in [0.717, 1.165) is 20.9 Å². The van der Waals surface area contributed by atoms with E-state index in [2.05, 4.69) is 10.4 Å². The molecule has 1 saturated heterocycles. The molecule has 0 radical (unpaired) electrons. The van der Waals surface area contributed by atoms with Crippen LogP contribution in [0.2, 0.25) is 0 Å². The Hall–Kier alpha value is -3.74. The average molecular weight is 374 g/mol. The number of aromatic nitrogens is 1. The number of carbonyl (C=O) groups is 3. The maximum Gasteiger partial charge on any atom is 0.345 e. The number of fused-ring (bicyclic) bond motifs is 1. The number of nitrogens with one attached hydrogen (secondary N) is 1. The molecule has 4 amide bonds. The van der Waals surface area contributed by atoms with Crippen molar-refractivity contribution in [1.82, 2.24) is 20.3 Å². The molecular weight excluding hydrogens is 356 g/mol. The number of hydrogen-bond donors (Lipinski definition) is 1. The fourth-order valence-corrected chi connectivity index (χ4v) is 3.21. The molecule has 3 aromatic rings. The summed E-state index contributed by atoms with van der Waals surface area (Å²) < 4.78 is 0.